The van der Waals surface area contributed by atoms with Crippen LogP contribution in [-0.2, 0) is 73.8 Å². The Balaban J connectivity index is 0.837. The number of nitrogens with zero attached hydrogens (tertiary/aromatic N) is 2. The highest BCUT2D eigenvalue weighted by Gasteiger charge is 2.39. The van der Waals surface area contributed by atoms with Gasteiger partial charge in [0.1, 0.15) is 18.8 Å². The molecular weight excluding hydrogens is 956 g/mol. The third-order valence-corrected chi connectivity index (χ3v) is 12.0. The summed E-state index contributed by atoms with van der Waals surface area (Å²) in [5.41, 5.74) is 3.79. The predicted molar refractivity (Wildman–Crippen MR) is 258 cm³/mol. The van der Waals surface area contributed by atoms with Gasteiger partial charge in [-0.15, -0.1) is 0 Å². The van der Waals surface area contributed by atoms with E-state index in [-0.39, 0.29) is 94.7 Å². The van der Waals surface area contributed by atoms with Crippen molar-refractivity contribution in [3.63, 3.8) is 0 Å². The largest absolute Gasteiger partial charge is 0.361 e. The number of hydrogen-bond donors (Lipinski definition) is 8. The number of amides is 12. The standard InChI is InChI=1S/C49H55ClN10O12/c50-36-23-34(56-49(71)54-24-31-10-13-35-33(21-31)28-60(48(35)70)38-14-15-40(62)58-47(38)69)12-11-32(36)18-20-72-29-55-42(64)26-53-46(68)37(22-30-7-3-1-4-8-30)57-43(65)27-52-41(63)25-51-39(61)9-5-2-6-19-59-44(66)16-17-45(59)67/h1,3-4,7-8,10-13,16-17,21,23,37-38H,2,5-6,9,14-15,18-20,22,24-29H2,(H,51,61)(H,52,63)(H,53,68)(H,55,64)(H,57,65)(H2,54,56,71)(H,58,62,69)/t37-,38?/m0/s1. The SMILES string of the molecule is O=C(CCCCCN1C(=O)C=CC1=O)NCC(=O)NCC(=O)N[C@@H](Cc1ccccc1)C(=O)NCC(=O)NCOCCc1ccc(NC(=O)NCc2ccc3c(c2)CN(C2CCC(=O)NC2=O)C3=O)cc1Cl. The van der Waals surface area contributed by atoms with Gasteiger partial charge in [-0.05, 0) is 66.1 Å². The number of ether oxygens (including phenoxy) is 1. The van der Waals surface area contributed by atoms with E-state index in [9.17, 15) is 52.7 Å². The van der Waals surface area contributed by atoms with Crippen LogP contribution < -0.4 is 42.5 Å². The van der Waals surface area contributed by atoms with Crippen LogP contribution in [0.4, 0.5) is 10.5 Å². The van der Waals surface area contributed by atoms with Crippen molar-refractivity contribution < 1.29 is 57.5 Å². The van der Waals surface area contributed by atoms with Crippen LogP contribution in [0.3, 0.4) is 0 Å². The minimum Gasteiger partial charge on any atom is -0.361 e. The van der Waals surface area contributed by atoms with Gasteiger partial charge in [-0.3, -0.25) is 58.2 Å². The van der Waals surface area contributed by atoms with Gasteiger partial charge < -0.3 is 46.9 Å². The van der Waals surface area contributed by atoms with E-state index in [0.717, 1.165) is 21.6 Å². The average Bonchev–Trinajstić information content (AvgIpc) is 3.86. The van der Waals surface area contributed by atoms with Crippen LogP contribution in [0.15, 0.2) is 78.9 Å². The normalized spacial score (nSPS) is 15.3. The van der Waals surface area contributed by atoms with Crippen molar-refractivity contribution in [3.05, 3.63) is 112 Å². The van der Waals surface area contributed by atoms with Gasteiger partial charge in [0.25, 0.3) is 17.7 Å². The van der Waals surface area contributed by atoms with Crippen LogP contribution >= 0.6 is 11.6 Å². The fraction of sp³-hybridized carbons (Fsp3) is 0.367. The van der Waals surface area contributed by atoms with E-state index in [0.29, 0.717) is 47.5 Å². The number of unbranched alkanes of at least 4 members (excludes halogenated alkanes) is 2. The van der Waals surface area contributed by atoms with Crippen molar-refractivity contribution in [1.29, 1.82) is 0 Å². The topological polar surface area (TPSA) is 300 Å². The van der Waals surface area contributed by atoms with E-state index >= 15 is 0 Å². The molecule has 3 aromatic rings. The molecule has 22 nitrogen and oxygen atoms in total. The second-order valence-corrected chi connectivity index (χ2v) is 17.4. The number of benzene rings is 3. The Morgan fingerprint density at radius 2 is 1.47 bits per heavy atom. The third kappa shape index (κ3) is 16.0. The lowest BCUT2D eigenvalue weighted by molar-refractivity contribution is -0.138. The van der Waals surface area contributed by atoms with Gasteiger partial charge in [0, 0.05) is 67.3 Å². The van der Waals surface area contributed by atoms with Gasteiger partial charge in [0.2, 0.25) is 41.4 Å². The maximum atomic E-state index is 13.2. The summed E-state index contributed by atoms with van der Waals surface area (Å²) in [6, 6.07) is 16.7. The molecule has 0 aromatic heterocycles. The van der Waals surface area contributed by atoms with E-state index < -0.39 is 60.7 Å². The van der Waals surface area contributed by atoms with Gasteiger partial charge in [-0.2, -0.15) is 0 Å². The van der Waals surface area contributed by atoms with Crippen molar-refractivity contribution in [3.8, 4) is 0 Å². The first-order chi connectivity index (χ1) is 34.6. The number of nitrogens with one attached hydrogen (secondary N) is 8. The Morgan fingerprint density at radius 3 is 2.22 bits per heavy atom. The van der Waals surface area contributed by atoms with Crippen LogP contribution in [0.25, 0.3) is 0 Å². The second-order valence-electron chi connectivity index (χ2n) is 17.0. The van der Waals surface area contributed by atoms with E-state index in [1.54, 1.807) is 66.7 Å². The molecule has 2 atom stereocenters. The van der Waals surface area contributed by atoms with Crippen molar-refractivity contribution in [2.45, 2.75) is 76.5 Å². The molecule has 3 aliphatic rings. The quantitative estimate of drug-likeness (QED) is 0.0329. The summed E-state index contributed by atoms with van der Waals surface area (Å²) in [6.45, 7) is -0.687. The van der Waals surface area contributed by atoms with Crippen molar-refractivity contribution in [2.75, 3.05) is 44.8 Å². The lowest BCUT2D eigenvalue weighted by atomic mass is 10.0. The number of imide groups is 2. The van der Waals surface area contributed by atoms with Crippen LogP contribution in [0.2, 0.25) is 5.02 Å². The smallest absolute Gasteiger partial charge is 0.319 e. The van der Waals surface area contributed by atoms with Gasteiger partial charge in [-0.25, -0.2) is 4.79 Å². The number of carbonyl (C=O) groups excluding carboxylic acids is 11. The highest BCUT2D eigenvalue weighted by atomic mass is 35.5. The molecule has 380 valence electrons. The molecule has 0 spiro atoms. The molecule has 1 fully saturated rings. The molecule has 72 heavy (non-hydrogen) atoms. The van der Waals surface area contributed by atoms with Crippen molar-refractivity contribution >= 4 is 82.4 Å². The lowest BCUT2D eigenvalue weighted by Crippen LogP contribution is -2.52. The Kier molecular flexibility index (Phi) is 19.5. The molecule has 8 N–H and O–H groups in total. The Labute approximate surface area is 418 Å². The number of piperidine rings is 1. The zero-order valence-electron chi connectivity index (χ0n) is 39.1. The first-order valence-electron chi connectivity index (χ1n) is 23.3. The van der Waals surface area contributed by atoms with E-state index in [4.69, 9.17) is 16.3 Å². The van der Waals surface area contributed by atoms with Crippen LogP contribution in [-0.4, -0.2) is 127 Å². The van der Waals surface area contributed by atoms with Gasteiger partial charge in [-0.1, -0.05) is 66.6 Å². The number of fused-ring (bicyclic) bond motifs is 1. The molecule has 1 saturated heterocycles. The van der Waals surface area contributed by atoms with Gasteiger partial charge >= 0.3 is 6.03 Å². The van der Waals surface area contributed by atoms with Gasteiger partial charge in [0.15, 0.2) is 0 Å². The Hall–Kier alpha value is -7.98. The number of rotatable bonds is 25. The number of carbonyl (C=O) groups is 11. The molecule has 12 amide bonds. The highest BCUT2D eigenvalue weighted by Crippen LogP contribution is 2.28. The Morgan fingerprint density at radius 1 is 0.750 bits per heavy atom. The summed E-state index contributed by atoms with van der Waals surface area (Å²) in [5.74, 6) is -4.78. The number of hydrogen-bond acceptors (Lipinski definition) is 12. The summed E-state index contributed by atoms with van der Waals surface area (Å²) in [7, 11) is 0. The number of anilines is 1. The molecule has 0 bridgehead atoms. The first-order valence-corrected chi connectivity index (χ1v) is 23.6. The van der Waals surface area contributed by atoms with Crippen molar-refractivity contribution in [2.24, 2.45) is 0 Å². The molecule has 3 heterocycles. The lowest BCUT2D eigenvalue weighted by Gasteiger charge is -2.29. The van der Waals surface area contributed by atoms with E-state index in [1.165, 1.54) is 17.1 Å². The van der Waals surface area contributed by atoms with Crippen LogP contribution in [0.5, 0.6) is 0 Å². The molecule has 1 unspecified atom stereocenters. The minimum atomic E-state index is -1.10. The predicted octanol–water partition coefficient (Wildman–Crippen LogP) is 0.617. The molecule has 3 aromatic carbocycles. The molecule has 0 saturated carbocycles. The highest BCUT2D eigenvalue weighted by molar-refractivity contribution is 6.31. The third-order valence-electron chi connectivity index (χ3n) is 11.7. The number of halogens is 1. The summed E-state index contributed by atoms with van der Waals surface area (Å²) in [5, 5.41) is 20.6. The zero-order valence-corrected chi connectivity index (χ0v) is 39.9. The monoisotopic (exact) mass is 1010 g/mol. The second kappa shape index (κ2) is 26.3. The van der Waals surface area contributed by atoms with E-state index in [2.05, 4.69) is 42.5 Å². The average molecular weight is 1010 g/mol. The molecule has 3 aliphatic heterocycles. The molecule has 6 rings (SSSR count). The first kappa shape index (κ1) is 53.4. The summed E-state index contributed by atoms with van der Waals surface area (Å²) in [4.78, 5) is 139. The Bertz CT molecular complexity index is 2590. The fourth-order valence-corrected chi connectivity index (χ4v) is 8.13. The minimum absolute atomic E-state index is 0.0826. The summed E-state index contributed by atoms with van der Waals surface area (Å²) in [6.07, 6.45) is 5.00. The molecular formula is C49H55ClN10O12. The zero-order chi connectivity index (χ0) is 51.6. The fourth-order valence-electron chi connectivity index (χ4n) is 7.86. The molecule has 23 heteroatoms. The number of urea groups is 1. The maximum Gasteiger partial charge on any atom is 0.319 e. The van der Waals surface area contributed by atoms with E-state index in [1.807, 2.05) is 0 Å². The summed E-state index contributed by atoms with van der Waals surface area (Å²) < 4.78 is 5.55. The summed E-state index contributed by atoms with van der Waals surface area (Å²) >= 11 is 6.49. The van der Waals surface area contributed by atoms with Crippen LogP contribution in [0.1, 0.15) is 71.1 Å². The molecule has 0 aliphatic carbocycles. The molecule has 0 radical (unpaired) electrons. The van der Waals surface area contributed by atoms with Gasteiger partial charge in [0.05, 0.1) is 26.2 Å². The van der Waals surface area contributed by atoms with Crippen molar-refractivity contribution in [1.82, 2.24) is 47.0 Å². The van der Waals surface area contributed by atoms with Crippen LogP contribution in [0, 0.1) is 0 Å². The maximum absolute atomic E-state index is 13.2.